The number of nitrogens with one attached hydrogen (secondary N) is 2. The van der Waals surface area contributed by atoms with Crippen molar-refractivity contribution in [2.24, 2.45) is 0 Å². The van der Waals surface area contributed by atoms with E-state index in [9.17, 15) is 24.7 Å². The largest absolute Gasteiger partial charge is 0.394 e. The van der Waals surface area contributed by atoms with Crippen LogP contribution in [0, 0.1) is 0 Å². The Bertz CT molecular complexity index is 1840. The Hall–Kier alpha value is -3.34. The van der Waals surface area contributed by atoms with Gasteiger partial charge in [0.1, 0.15) is 24.9 Å². The number of rotatable bonds is 8. The lowest BCUT2D eigenvalue weighted by Crippen LogP contribution is -2.47. The number of aromatic nitrogens is 9. The third-order valence-electron chi connectivity index (χ3n) is 6.85. The minimum atomic E-state index is -4.52. The van der Waals surface area contributed by atoms with Crippen LogP contribution >= 0.6 is 6.72 Å². The van der Waals surface area contributed by atoms with E-state index >= 15 is 8.78 Å². The van der Waals surface area contributed by atoms with E-state index in [4.69, 9.17) is 36.1 Å². The monoisotopic (exact) mass is 634 g/mol. The number of alkyl halides is 2. The van der Waals surface area contributed by atoms with Gasteiger partial charge in [-0.3, -0.25) is 23.7 Å². The molecule has 6 rings (SSSR count). The summed E-state index contributed by atoms with van der Waals surface area (Å²) in [6, 6.07) is 0. The molecule has 23 heteroatoms. The van der Waals surface area contributed by atoms with Crippen LogP contribution in [-0.4, -0.2) is 110 Å². The zero-order valence-corrected chi connectivity index (χ0v) is 22.6. The number of aliphatic hydroxyl groups excluding tert-OH is 2. The maximum Gasteiger partial charge on any atom is 0.326 e. The predicted octanol–water partition coefficient (Wildman–Crippen LogP) is -2.76. The van der Waals surface area contributed by atoms with E-state index < -0.39 is 80.3 Å². The Morgan fingerprint density at radius 2 is 1.98 bits per heavy atom. The lowest BCUT2D eigenvalue weighted by molar-refractivity contribution is -0.0754. The summed E-state index contributed by atoms with van der Waals surface area (Å²) in [4.78, 5) is 51.4. The number of H-pyrrole nitrogens is 2. The number of ether oxygens (including phenoxy) is 2. The summed E-state index contributed by atoms with van der Waals surface area (Å²) >= 11 is 5.10. The number of fused-ring (bicyclic) bond motifs is 2. The normalized spacial score (nSPS) is 31.3. The fourth-order valence-electron chi connectivity index (χ4n) is 4.77. The summed E-state index contributed by atoms with van der Waals surface area (Å²) < 4.78 is 54.9. The number of nitrogens with zero attached hydrogens (tertiary/aromatic N) is 7. The molecule has 0 saturated carbocycles. The summed E-state index contributed by atoms with van der Waals surface area (Å²) in [7, 11) is 0. The van der Waals surface area contributed by atoms with Crippen LogP contribution in [-0.2, 0) is 41.8 Å². The van der Waals surface area contributed by atoms with E-state index in [0.29, 0.717) is 4.68 Å². The molecule has 0 radical (unpaired) electrons. The highest BCUT2D eigenvalue weighted by molar-refractivity contribution is 8.07. The lowest BCUT2D eigenvalue weighted by Gasteiger charge is -2.34. The van der Waals surface area contributed by atoms with Gasteiger partial charge in [-0.2, -0.15) is 9.67 Å². The number of imidazole rings is 1. The van der Waals surface area contributed by atoms with Gasteiger partial charge < -0.3 is 39.8 Å². The highest BCUT2D eigenvalue weighted by Gasteiger charge is 2.58. The number of hydrogen-bond acceptors (Lipinski definition) is 15. The quantitative estimate of drug-likeness (QED) is 0.107. The highest BCUT2D eigenvalue weighted by Crippen LogP contribution is 2.54. The molecule has 2 fully saturated rings. The fraction of sp³-hybridized carbons (Fsp3) is 0.526. The molecule has 7 N–H and O–H groups in total. The molecule has 2 aliphatic heterocycles. The van der Waals surface area contributed by atoms with Crippen molar-refractivity contribution < 1.29 is 42.4 Å². The first-order valence-corrected chi connectivity index (χ1v) is 14.6. The molecule has 0 aromatic carbocycles. The van der Waals surface area contributed by atoms with Crippen LogP contribution in [0.25, 0.3) is 22.3 Å². The van der Waals surface area contributed by atoms with Crippen molar-refractivity contribution in [2.45, 2.75) is 36.0 Å². The van der Waals surface area contributed by atoms with Gasteiger partial charge in [-0.25, -0.2) is 18.7 Å². The van der Waals surface area contributed by atoms with Crippen molar-refractivity contribution in [1.29, 1.82) is 0 Å². The Kier molecular flexibility index (Phi) is 6.94. The number of aromatic amines is 2. The molecule has 6 heterocycles. The first-order valence-electron chi connectivity index (χ1n) is 12.0. The molecule has 0 amide bonds. The van der Waals surface area contributed by atoms with Gasteiger partial charge in [-0.15, -0.1) is 5.10 Å². The molecule has 0 aliphatic carbocycles. The maximum absolute atomic E-state index is 15.9. The van der Waals surface area contributed by atoms with Gasteiger partial charge in [-0.05, 0) is 11.8 Å². The Balaban J connectivity index is 1.26. The van der Waals surface area contributed by atoms with Crippen molar-refractivity contribution in [1.82, 2.24) is 44.5 Å². The molecular weight excluding hydrogens is 613 g/mol. The van der Waals surface area contributed by atoms with Crippen LogP contribution in [0.4, 0.5) is 14.7 Å². The van der Waals surface area contributed by atoms with Crippen LogP contribution in [0.5, 0.6) is 0 Å². The molecule has 2 saturated heterocycles. The summed E-state index contributed by atoms with van der Waals surface area (Å²) in [6.45, 7) is -7.50. The molecule has 2 aliphatic rings. The molecular formula is C19H21F2N10O9PS. The summed E-state index contributed by atoms with van der Waals surface area (Å²) in [5, 5.41) is 27.5. The van der Waals surface area contributed by atoms with E-state index in [1.807, 2.05) is 0 Å². The van der Waals surface area contributed by atoms with Crippen molar-refractivity contribution in [3.8, 4) is 0 Å². The predicted molar refractivity (Wildman–Crippen MR) is 137 cm³/mol. The van der Waals surface area contributed by atoms with Crippen molar-refractivity contribution in [3.05, 3.63) is 33.4 Å². The van der Waals surface area contributed by atoms with E-state index in [2.05, 4.69) is 35.2 Å². The zero-order chi connectivity index (χ0) is 30.0. The van der Waals surface area contributed by atoms with Gasteiger partial charge in [0.25, 0.3) is 16.9 Å². The second-order valence-electron chi connectivity index (χ2n) is 9.39. The maximum atomic E-state index is 15.9. The number of nitrogen functional groups attached to an aromatic ring is 1. The van der Waals surface area contributed by atoms with E-state index in [0.717, 1.165) is 17.2 Å². The van der Waals surface area contributed by atoms with E-state index in [1.165, 1.54) is 0 Å². The van der Waals surface area contributed by atoms with Gasteiger partial charge in [0.15, 0.2) is 28.5 Å². The minimum Gasteiger partial charge on any atom is -0.394 e. The first kappa shape index (κ1) is 28.8. The van der Waals surface area contributed by atoms with Crippen LogP contribution < -0.4 is 16.9 Å². The molecule has 226 valence electrons. The molecule has 7 atom stereocenters. The number of aliphatic hydroxyl groups is 2. The van der Waals surface area contributed by atoms with Crippen molar-refractivity contribution in [2.75, 3.05) is 32.2 Å². The third kappa shape index (κ3) is 4.42. The minimum absolute atomic E-state index is 0.250. The molecule has 42 heavy (non-hydrogen) atoms. The summed E-state index contributed by atoms with van der Waals surface area (Å²) in [5.41, 5.74) is 0.801. The number of halogens is 2. The number of anilines is 1. The van der Waals surface area contributed by atoms with Gasteiger partial charge >= 0.3 is 6.72 Å². The third-order valence-corrected chi connectivity index (χ3v) is 8.41. The van der Waals surface area contributed by atoms with Crippen molar-refractivity contribution in [3.63, 3.8) is 0 Å². The van der Waals surface area contributed by atoms with E-state index in [-0.39, 0.29) is 28.3 Å². The molecule has 19 nitrogen and oxygen atoms in total. The highest BCUT2D eigenvalue weighted by atomic mass is 32.5. The lowest BCUT2D eigenvalue weighted by atomic mass is 10.1. The second-order valence-corrected chi connectivity index (χ2v) is 12.2. The molecule has 0 bridgehead atoms. The zero-order valence-electron chi connectivity index (χ0n) is 20.9. The van der Waals surface area contributed by atoms with Crippen LogP contribution in [0.15, 0.2) is 22.2 Å². The Morgan fingerprint density at radius 1 is 1.21 bits per heavy atom. The van der Waals surface area contributed by atoms with Gasteiger partial charge in [-0.1, -0.05) is 5.21 Å². The van der Waals surface area contributed by atoms with Gasteiger partial charge in [0.2, 0.25) is 11.7 Å². The first-order chi connectivity index (χ1) is 19.9. The van der Waals surface area contributed by atoms with Crippen LogP contribution in [0.1, 0.15) is 0 Å². The summed E-state index contributed by atoms with van der Waals surface area (Å²) in [6.07, 6.45) is -5.12. The van der Waals surface area contributed by atoms with Crippen LogP contribution in [0.2, 0.25) is 0 Å². The summed E-state index contributed by atoms with van der Waals surface area (Å²) in [5.74, 6) is -3.09. The average Bonchev–Trinajstić information content (AvgIpc) is 3.70. The topological polar surface area (TPSA) is 264 Å². The molecule has 0 spiro atoms. The SMILES string of the molecule is Nc1nc2c(ncn2[C@@]2(OP(O)(=S)OC[C@H]3OC[C@@](F)(n4nnc5c(=O)[nH]cnc54)[C@@H]3O)CO[C@H](CO)[C@H]2F)c(=O)[nH]1. The average molecular weight is 634 g/mol. The van der Waals surface area contributed by atoms with Gasteiger partial charge in [0, 0.05) is 0 Å². The molecule has 4 aromatic rings. The number of hydrogen-bond donors (Lipinski definition) is 6. The molecule has 1 unspecified atom stereocenters. The fourth-order valence-corrected chi connectivity index (χ4v) is 6.37. The Morgan fingerprint density at radius 3 is 2.71 bits per heavy atom. The Labute approximate surface area is 235 Å². The molecule has 4 aromatic heterocycles. The van der Waals surface area contributed by atoms with Gasteiger partial charge in [0.05, 0.1) is 32.5 Å². The standard InChI is InChI=1S/C19H21F2N10O9PS/c20-11-7(1-32)38-4-19(11,30-6-25-9-14(30)26-17(22)27-16(9)35)40-41(36,42)39-2-8-12(33)18(21,3-37-8)31-13-10(28-29-31)15(34)24-5-23-13/h5-8,11-12,32-33H,1-4H2,(H,36,42)(H,23,24,34)(H3,22,26,27,35)/t7-,8-,11-,12-,18-,19-,41?/m1/s1. The second kappa shape index (κ2) is 10.1. The number of nitrogens with two attached hydrogens (primary N) is 1. The van der Waals surface area contributed by atoms with Crippen molar-refractivity contribution >= 4 is 46.8 Å². The smallest absolute Gasteiger partial charge is 0.326 e. The van der Waals surface area contributed by atoms with E-state index in [1.54, 1.807) is 0 Å². The van der Waals surface area contributed by atoms with Crippen LogP contribution in [0.3, 0.4) is 0 Å².